The van der Waals surface area contributed by atoms with Crippen LogP contribution in [0, 0.1) is 19.7 Å². The van der Waals surface area contributed by atoms with Crippen molar-refractivity contribution in [1.29, 1.82) is 0 Å². The van der Waals surface area contributed by atoms with E-state index in [1.54, 1.807) is 12.1 Å². The lowest BCUT2D eigenvalue weighted by Crippen LogP contribution is -2.02. The smallest absolute Gasteiger partial charge is 0.164 e. The number of benzene rings is 7. The van der Waals surface area contributed by atoms with Crippen LogP contribution < -0.4 is 0 Å². The van der Waals surface area contributed by atoms with Crippen molar-refractivity contribution in [2.24, 2.45) is 0 Å². The van der Waals surface area contributed by atoms with Gasteiger partial charge in [0.1, 0.15) is 5.82 Å². The third kappa shape index (κ3) is 5.72. The number of para-hydroxylation sites is 1. The highest BCUT2D eigenvalue weighted by Crippen LogP contribution is 2.39. The minimum absolute atomic E-state index is 0.306. The van der Waals surface area contributed by atoms with Gasteiger partial charge >= 0.3 is 0 Å². The van der Waals surface area contributed by atoms with Crippen LogP contribution in [0.25, 0.3) is 83.9 Å². The van der Waals surface area contributed by atoms with Crippen LogP contribution in [0.1, 0.15) is 11.1 Å². The van der Waals surface area contributed by atoms with E-state index in [0.29, 0.717) is 17.5 Å². The Balaban J connectivity index is 1.32. The molecule has 0 saturated carbocycles. The van der Waals surface area contributed by atoms with Crippen molar-refractivity contribution < 1.29 is 4.39 Å². The molecule has 0 fully saturated rings. The van der Waals surface area contributed by atoms with Crippen molar-refractivity contribution in [3.05, 3.63) is 181 Å². The third-order valence-corrected chi connectivity index (χ3v) is 9.57. The van der Waals surface area contributed by atoms with E-state index in [2.05, 4.69) is 97.3 Å². The summed E-state index contributed by atoms with van der Waals surface area (Å²) in [6.07, 6.45) is 0. The largest absolute Gasteiger partial charge is 0.309 e. The minimum atomic E-state index is -0.306. The summed E-state index contributed by atoms with van der Waals surface area (Å²) in [5, 5.41) is 2.33. The molecule has 5 heteroatoms. The molecule has 7 aromatic carbocycles. The predicted octanol–water partition coefficient (Wildman–Crippen LogP) is 12.1. The number of aromatic nitrogens is 4. The Morgan fingerprint density at radius 1 is 0.404 bits per heavy atom. The maximum atomic E-state index is 14.8. The molecule has 0 radical (unpaired) electrons. The molecule has 2 heterocycles. The van der Waals surface area contributed by atoms with Crippen LogP contribution in [-0.2, 0) is 0 Å². The lowest BCUT2D eigenvalue weighted by Gasteiger charge is -2.16. The summed E-state index contributed by atoms with van der Waals surface area (Å²) in [7, 11) is 0. The number of fused-ring (bicyclic) bond motifs is 3. The predicted molar refractivity (Wildman–Crippen MR) is 211 cm³/mol. The van der Waals surface area contributed by atoms with Gasteiger partial charge in [-0.25, -0.2) is 19.3 Å². The molecule has 0 bridgehead atoms. The van der Waals surface area contributed by atoms with Gasteiger partial charge in [-0.15, -0.1) is 0 Å². The molecule has 52 heavy (non-hydrogen) atoms. The van der Waals surface area contributed by atoms with Crippen LogP contribution in [0.4, 0.5) is 4.39 Å². The summed E-state index contributed by atoms with van der Waals surface area (Å²) in [6, 6.07) is 54.8. The highest BCUT2D eigenvalue weighted by molar-refractivity contribution is 6.10. The molecule has 0 atom stereocenters. The second kappa shape index (κ2) is 12.9. The zero-order chi connectivity index (χ0) is 35.2. The molecule has 0 spiro atoms. The molecular formula is C47H33FN4. The van der Waals surface area contributed by atoms with Crippen molar-refractivity contribution in [3.63, 3.8) is 0 Å². The molecule has 9 rings (SSSR count). The monoisotopic (exact) mass is 672 g/mol. The second-order valence-electron chi connectivity index (χ2n) is 13.2. The van der Waals surface area contributed by atoms with Gasteiger partial charge < -0.3 is 4.57 Å². The van der Waals surface area contributed by atoms with E-state index in [-0.39, 0.29) is 5.82 Å². The summed E-state index contributed by atoms with van der Waals surface area (Å²) >= 11 is 0. The summed E-state index contributed by atoms with van der Waals surface area (Å²) in [4.78, 5) is 15.1. The van der Waals surface area contributed by atoms with Crippen LogP contribution >= 0.6 is 0 Å². The molecular weight excluding hydrogens is 640 g/mol. The Morgan fingerprint density at radius 2 is 1.02 bits per heavy atom. The average Bonchev–Trinajstić information content (AvgIpc) is 3.51. The second-order valence-corrected chi connectivity index (χ2v) is 13.2. The van der Waals surface area contributed by atoms with E-state index in [1.165, 1.54) is 22.8 Å². The number of hydrogen-bond acceptors (Lipinski definition) is 3. The average molecular weight is 673 g/mol. The Labute approximate surface area is 301 Å². The van der Waals surface area contributed by atoms with Crippen molar-refractivity contribution in [2.75, 3.05) is 0 Å². The summed E-state index contributed by atoms with van der Waals surface area (Å²) < 4.78 is 17.1. The highest BCUT2D eigenvalue weighted by atomic mass is 19.1. The molecule has 2 aromatic heterocycles. The molecule has 0 N–H and O–H groups in total. The molecule has 0 aliphatic rings. The lowest BCUT2D eigenvalue weighted by molar-refractivity contribution is 0.628. The molecule has 0 aliphatic heterocycles. The van der Waals surface area contributed by atoms with Crippen LogP contribution in [0.3, 0.4) is 0 Å². The fourth-order valence-corrected chi connectivity index (χ4v) is 7.26. The Hall–Kier alpha value is -6.72. The van der Waals surface area contributed by atoms with Gasteiger partial charge in [-0.05, 0) is 72.5 Å². The summed E-state index contributed by atoms with van der Waals surface area (Å²) in [5.74, 6) is 1.33. The number of rotatable bonds is 6. The lowest BCUT2D eigenvalue weighted by atomic mass is 9.97. The van der Waals surface area contributed by atoms with E-state index in [4.69, 9.17) is 15.0 Å². The number of halogens is 1. The number of nitrogens with zero attached hydrogens (tertiary/aromatic N) is 4. The van der Waals surface area contributed by atoms with E-state index < -0.39 is 0 Å². The Morgan fingerprint density at radius 3 is 1.71 bits per heavy atom. The molecule has 9 aromatic rings. The Bertz CT molecular complexity index is 2690. The van der Waals surface area contributed by atoms with Crippen LogP contribution in [-0.4, -0.2) is 19.5 Å². The van der Waals surface area contributed by atoms with E-state index in [0.717, 1.165) is 60.9 Å². The van der Waals surface area contributed by atoms with Gasteiger partial charge in [0.05, 0.1) is 11.0 Å². The maximum absolute atomic E-state index is 14.8. The molecule has 0 saturated heterocycles. The van der Waals surface area contributed by atoms with Gasteiger partial charge in [-0.1, -0.05) is 139 Å². The third-order valence-electron chi connectivity index (χ3n) is 9.57. The summed E-state index contributed by atoms with van der Waals surface area (Å²) in [5.41, 5.74) is 12.0. The highest BCUT2D eigenvalue weighted by Gasteiger charge is 2.20. The molecule has 248 valence electrons. The molecule has 0 aliphatic carbocycles. The minimum Gasteiger partial charge on any atom is -0.309 e. The van der Waals surface area contributed by atoms with Gasteiger partial charge in [-0.2, -0.15) is 0 Å². The number of hydrogen-bond donors (Lipinski definition) is 0. The molecule has 0 unspecified atom stereocenters. The zero-order valence-electron chi connectivity index (χ0n) is 28.8. The Kier molecular flexibility index (Phi) is 7.74. The SMILES string of the molecule is Cc1cc(C)cc(-c2ccc3c4ccccc4n(-c4ccc(-c5cccc(F)c5)c(-c5nc(-c6ccccc6)nc(-c6ccccc6)n5)c4)c3c2)c1. The van der Waals surface area contributed by atoms with Crippen molar-refractivity contribution >= 4 is 21.8 Å². The first kappa shape index (κ1) is 31.3. The van der Waals surface area contributed by atoms with Gasteiger partial charge in [0.25, 0.3) is 0 Å². The molecule has 4 nitrogen and oxygen atoms in total. The molecule has 0 amide bonds. The van der Waals surface area contributed by atoms with Crippen LogP contribution in [0.5, 0.6) is 0 Å². The van der Waals surface area contributed by atoms with Crippen LogP contribution in [0.2, 0.25) is 0 Å². The zero-order valence-corrected chi connectivity index (χ0v) is 28.8. The quantitative estimate of drug-likeness (QED) is 0.177. The van der Waals surface area contributed by atoms with E-state index >= 15 is 0 Å². The maximum Gasteiger partial charge on any atom is 0.164 e. The van der Waals surface area contributed by atoms with Crippen molar-refractivity contribution in [2.45, 2.75) is 13.8 Å². The topological polar surface area (TPSA) is 43.6 Å². The van der Waals surface area contributed by atoms with Crippen molar-refractivity contribution in [3.8, 4) is 62.1 Å². The standard InChI is InChI=1S/C47H33FN4/c1-30-24-31(2)26-36(25-30)34-20-22-41-40-18-9-10-19-43(40)52(44(41)28-34)38-21-23-39(35-16-11-17-37(48)27-35)42(29-38)47-50-45(32-12-5-3-6-13-32)49-46(51-47)33-14-7-4-8-15-33/h3-29H,1-2H3. The number of aryl methyl sites for hydroxylation is 2. The first-order chi connectivity index (χ1) is 25.5. The van der Waals surface area contributed by atoms with Gasteiger partial charge in [-0.3, -0.25) is 0 Å². The van der Waals surface area contributed by atoms with Crippen molar-refractivity contribution in [1.82, 2.24) is 19.5 Å². The van der Waals surface area contributed by atoms with Gasteiger partial charge in [0, 0.05) is 33.2 Å². The first-order valence-electron chi connectivity index (χ1n) is 17.4. The van der Waals surface area contributed by atoms with Crippen LogP contribution in [0.15, 0.2) is 164 Å². The first-order valence-corrected chi connectivity index (χ1v) is 17.4. The fourth-order valence-electron chi connectivity index (χ4n) is 7.26. The van der Waals surface area contributed by atoms with E-state index in [1.807, 2.05) is 66.7 Å². The normalized spacial score (nSPS) is 11.4. The van der Waals surface area contributed by atoms with Gasteiger partial charge in [0.15, 0.2) is 17.5 Å². The fraction of sp³-hybridized carbons (Fsp3) is 0.0426. The summed E-state index contributed by atoms with van der Waals surface area (Å²) in [6.45, 7) is 4.28. The van der Waals surface area contributed by atoms with Gasteiger partial charge in [0.2, 0.25) is 0 Å². The van der Waals surface area contributed by atoms with E-state index in [9.17, 15) is 4.39 Å².